The highest BCUT2D eigenvalue weighted by atomic mass is 35.5. The SMILES string of the molecule is O=C(O)C(F)(F)F.O=C1Cc2cc(C(=O)N[C@H]3C[C@H]4CC[C@@H](C3)N4S(=O)(=O)N3CCC(NCc4ccccc4)CC3)c(Cl)cc2N1. The molecule has 4 heterocycles. The minimum absolute atomic E-state index is 0.114. The molecule has 0 aromatic heterocycles. The summed E-state index contributed by atoms with van der Waals surface area (Å²) in [6.07, 6.45) is -0.503. The van der Waals surface area contributed by atoms with Gasteiger partial charge in [0.2, 0.25) is 5.91 Å². The van der Waals surface area contributed by atoms with Crippen molar-refractivity contribution in [2.75, 3.05) is 18.4 Å². The number of aliphatic carboxylic acids is 1. The second-order valence-electron chi connectivity index (χ2n) is 11.9. The van der Waals surface area contributed by atoms with Gasteiger partial charge < -0.3 is 21.1 Å². The fraction of sp³-hybridized carbons (Fsp3) is 0.500. The number of carbonyl (C=O) groups is 3. The molecule has 0 saturated carbocycles. The van der Waals surface area contributed by atoms with Gasteiger partial charge in [-0.05, 0) is 61.8 Å². The molecule has 6 rings (SSSR count). The molecule has 4 N–H and O–H groups in total. The van der Waals surface area contributed by atoms with Crippen LogP contribution in [0.1, 0.15) is 60.0 Å². The largest absolute Gasteiger partial charge is 0.490 e. The van der Waals surface area contributed by atoms with E-state index in [4.69, 9.17) is 21.5 Å². The van der Waals surface area contributed by atoms with Crippen molar-refractivity contribution in [1.82, 2.24) is 19.2 Å². The molecule has 2 aromatic rings. The normalized spacial score (nSPS) is 23.7. The molecule has 2 bridgehead atoms. The molecule has 250 valence electrons. The van der Waals surface area contributed by atoms with E-state index in [0.29, 0.717) is 43.2 Å². The Morgan fingerprint density at radius 1 is 1.00 bits per heavy atom. The molecular weight excluding hydrogens is 651 g/mol. The first-order valence-electron chi connectivity index (χ1n) is 15.0. The molecule has 4 aliphatic rings. The number of nitrogens with one attached hydrogen (secondary N) is 3. The molecule has 2 aromatic carbocycles. The number of piperidine rings is 2. The van der Waals surface area contributed by atoms with E-state index in [1.807, 2.05) is 18.2 Å². The summed E-state index contributed by atoms with van der Waals surface area (Å²) in [5.41, 5.74) is 2.98. The monoisotopic (exact) mass is 685 g/mol. The van der Waals surface area contributed by atoms with Crippen molar-refractivity contribution in [3.8, 4) is 0 Å². The lowest BCUT2D eigenvalue weighted by Gasteiger charge is -2.42. The van der Waals surface area contributed by atoms with Gasteiger partial charge in [-0.2, -0.15) is 30.2 Å². The molecule has 0 spiro atoms. The fourth-order valence-corrected chi connectivity index (χ4v) is 8.92. The molecule has 0 aliphatic carbocycles. The van der Waals surface area contributed by atoms with Gasteiger partial charge in [0.1, 0.15) is 0 Å². The van der Waals surface area contributed by atoms with Crippen molar-refractivity contribution in [2.24, 2.45) is 0 Å². The molecule has 16 heteroatoms. The van der Waals surface area contributed by atoms with Crippen LogP contribution in [-0.4, -0.2) is 83.4 Å². The first kappa shape index (κ1) is 34.1. The Labute approximate surface area is 269 Å². The van der Waals surface area contributed by atoms with Gasteiger partial charge in [-0.25, -0.2) is 4.79 Å². The van der Waals surface area contributed by atoms with Gasteiger partial charge in [0, 0.05) is 49.5 Å². The number of carboxylic acid groups (broad SMARTS) is 1. The number of halogens is 4. The van der Waals surface area contributed by atoms with Crippen LogP contribution in [0.25, 0.3) is 0 Å². The smallest absolute Gasteiger partial charge is 0.475 e. The van der Waals surface area contributed by atoms with Gasteiger partial charge in [0.05, 0.1) is 17.0 Å². The number of hydrogen-bond donors (Lipinski definition) is 4. The Morgan fingerprint density at radius 2 is 1.61 bits per heavy atom. The van der Waals surface area contributed by atoms with Crippen molar-refractivity contribution in [2.45, 2.75) is 81.8 Å². The van der Waals surface area contributed by atoms with Gasteiger partial charge in [-0.3, -0.25) is 9.59 Å². The molecule has 3 saturated heterocycles. The van der Waals surface area contributed by atoms with Crippen LogP contribution in [0.4, 0.5) is 18.9 Å². The standard InChI is InChI=1S/C28H34ClN5O4S.C2HF3O2/c29-25-16-26-19(13-27(35)32-26)12-24(25)28(36)31-21-14-22-6-7-23(15-21)34(22)39(37,38)33-10-8-20(9-11-33)30-17-18-4-2-1-3-5-18;3-2(4,5)1(6)7/h1-5,12,16,20-23,30H,6-11,13-15,17H2,(H,31,36)(H,32,35);(H,6,7)/t21-,22+,23-;. The molecule has 0 unspecified atom stereocenters. The summed E-state index contributed by atoms with van der Waals surface area (Å²) >= 11 is 6.36. The highest BCUT2D eigenvalue weighted by Gasteiger charge is 2.49. The molecule has 46 heavy (non-hydrogen) atoms. The Kier molecular flexibility index (Phi) is 10.3. The average Bonchev–Trinajstić information content (AvgIpc) is 3.51. The van der Waals surface area contributed by atoms with Crippen molar-refractivity contribution >= 4 is 45.3 Å². The van der Waals surface area contributed by atoms with E-state index in [1.54, 1.807) is 20.7 Å². The number of carboxylic acids is 1. The zero-order valence-electron chi connectivity index (χ0n) is 24.7. The van der Waals surface area contributed by atoms with E-state index < -0.39 is 22.4 Å². The lowest BCUT2D eigenvalue weighted by Crippen LogP contribution is -2.57. The van der Waals surface area contributed by atoms with Gasteiger partial charge in [-0.1, -0.05) is 41.9 Å². The topological polar surface area (TPSA) is 148 Å². The number of benzene rings is 2. The number of alkyl halides is 3. The van der Waals surface area contributed by atoms with Crippen LogP contribution in [0.3, 0.4) is 0 Å². The summed E-state index contributed by atoms with van der Waals surface area (Å²) in [4.78, 5) is 33.7. The maximum absolute atomic E-state index is 13.7. The number of carbonyl (C=O) groups excluding carboxylic acids is 2. The van der Waals surface area contributed by atoms with Crippen LogP contribution in [0.2, 0.25) is 5.02 Å². The molecule has 2 amide bonds. The molecule has 4 aliphatic heterocycles. The van der Waals surface area contributed by atoms with E-state index in [-0.39, 0.29) is 41.4 Å². The lowest BCUT2D eigenvalue weighted by molar-refractivity contribution is -0.192. The molecule has 3 atom stereocenters. The third kappa shape index (κ3) is 7.82. The van der Waals surface area contributed by atoms with Crippen molar-refractivity contribution in [3.63, 3.8) is 0 Å². The van der Waals surface area contributed by atoms with Gasteiger partial charge in [-0.15, -0.1) is 0 Å². The second kappa shape index (κ2) is 13.9. The second-order valence-corrected chi connectivity index (χ2v) is 14.2. The first-order chi connectivity index (χ1) is 21.7. The summed E-state index contributed by atoms with van der Waals surface area (Å²) in [6, 6.07) is 13.5. The number of hydrogen-bond acceptors (Lipinski definition) is 6. The summed E-state index contributed by atoms with van der Waals surface area (Å²) in [5.74, 6) is -3.16. The third-order valence-electron chi connectivity index (χ3n) is 8.79. The van der Waals surface area contributed by atoms with E-state index in [2.05, 4.69) is 28.1 Å². The number of fused-ring (bicyclic) bond motifs is 3. The van der Waals surface area contributed by atoms with E-state index in [1.165, 1.54) is 5.56 Å². The quantitative estimate of drug-likeness (QED) is 0.348. The van der Waals surface area contributed by atoms with E-state index in [9.17, 15) is 31.2 Å². The third-order valence-corrected chi connectivity index (χ3v) is 11.3. The average molecular weight is 686 g/mol. The molecular formula is C30H35ClF3N5O6S. The number of amides is 2. The van der Waals surface area contributed by atoms with Crippen molar-refractivity contribution in [3.05, 3.63) is 64.2 Å². The van der Waals surface area contributed by atoms with Crippen molar-refractivity contribution in [1.29, 1.82) is 0 Å². The minimum atomic E-state index is -5.08. The minimum Gasteiger partial charge on any atom is -0.475 e. The van der Waals surface area contributed by atoms with Crippen LogP contribution >= 0.6 is 11.6 Å². The fourth-order valence-electron chi connectivity index (χ4n) is 6.60. The first-order valence-corrected chi connectivity index (χ1v) is 16.8. The Balaban J connectivity index is 0.000000537. The van der Waals surface area contributed by atoms with Crippen molar-refractivity contribution < 1.29 is 41.1 Å². The number of anilines is 1. The van der Waals surface area contributed by atoms with Crippen LogP contribution in [0.15, 0.2) is 42.5 Å². The van der Waals surface area contributed by atoms with Crippen LogP contribution < -0.4 is 16.0 Å². The maximum atomic E-state index is 13.7. The summed E-state index contributed by atoms with van der Waals surface area (Å²) < 4.78 is 62.5. The predicted octanol–water partition coefficient (Wildman–Crippen LogP) is 3.69. The van der Waals surface area contributed by atoms with Crippen LogP contribution in [-0.2, 0) is 32.8 Å². The summed E-state index contributed by atoms with van der Waals surface area (Å²) in [7, 11) is -3.57. The molecule has 3 fully saturated rings. The number of rotatable bonds is 7. The summed E-state index contributed by atoms with van der Waals surface area (Å²) in [6.45, 7) is 1.81. The predicted molar refractivity (Wildman–Crippen MR) is 163 cm³/mol. The Morgan fingerprint density at radius 3 is 2.20 bits per heavy atom. The molecule has 11 nitrogen and oxygen atoms in total. The highest BCUT2D eigenvalue weighted by molar-refractivity contribution is 7.86. The zero-order valence-corrected chi connectivity index (χ0v) is 26.3. The van der Waals surface area contributed by atoms with Gasteiger partial charge in [0.25, 0.3) is 16.1 Å². The highest BCUT2D eigenvalue weighted by Crippen LogP contribution is 2.39. The molecule has 0 radical (unpaired) electrons. The van der Waals surface area contributed by atoms with E-state index in [0.717, 1.165) is 37.8 Å². The zero-order chi connectivity index (χ0) is 33.2. The number of nitrogens with zero attached hydrogens (tertiary/aromatic N) is 2. The Hall–Kier alpha value is -3.24. The Bertz CT molecular complexity index is 1560. The van der Waals surface area contributed by atoms with Crippen LogP contribution in [0, 0.1) is 0 Å². The summed E-state index contributed by atoms with van der Waals surface area (Å²) in [5, 5.41) is 16.8. The van der Waals surface area contributed by atoms with Crippen LogP contribution in [0.5, 0.6) is 0 Å². The van der Waals surface area contributed by atoms with E-state index >= 15 is 0 Å². The van der Waals surface area contributed by atoms with Gasteiger partial charge in [0.15, 0.2) is 0 Å². The lowest BCUT2D eigenvalue weighted by atomic mass is 9.99. The maximum Gasteiger partial charge on any atom is 0.490 e. The van der Waals surface area contributed by atoms with Gasteiger partial charge >= 0.3 is 12.1 Å².